The van der Waals surface area contributed by atoms with E-state index in [0.29, 0.717) is 22.9 Å². The smallest absolute Gasteiger partial charge is 0.335 e. The highest BCUT2D eigenvalue weighted by molar-refractivity contribution is 8.34. The SMILES string of the molecule is CCOP(OCC)C(=S)SCc1ccc(C(=O)O)cc1. The molecule has 110 valence electrons. The van der Waals surface area contributed by atoms with Crippen molar-refractivity contribution in [2.24, 2.45) is 0 Å². The van der Waals surface area contributed by atoms with Gasteiger partial charge < -0.3 is 14.2 Å². The van der Waals surface area contributed by atoms with Gasteiger partial charge in [0.15, 0.2) is 0 Å². The molecular weight excluding hydrogens is 315 g/mol. The molecule has 0 amide bonds. The lowest BCUT2D eigenvalue weighted by molar-refractivity contribution is 0.0697. The second-order valence-electron chi connectivity index (χ2n) is 3.65. The molecule has 0 fully saturated rings. The van der Waals surface area contributed by atoms with Crippen molar-refractivity contribution in [3.63, 3.8) is 0 Å². The molecule has 20 heavy (non-hydrogen) atoms. The van der Waals surface area contributed by atoms with Gasteiger partial charge in [0, 0.05) is 5.75 Å². The lowest BCUT2D eigenvalue weighted by Crippen LogP contribution is -1.98. The molecule has 0 aliphatic carbocycles. The third kappa shape index (κ3) is 5.85. The van der Waals surface area contributed by atoms with Crippen molar-refractivity contribution in [3.8, 4) is 0 Å². The average Bonchev–Trinajstić information content (AvgIpc) is 2.45. The summed E-state index contributed by atoms with van der Waals surface area (Å²) in [6.07, 6.45) is 0. The molecule has 0 saturated heterocycles. The van der Waals surface area contributed by atoms with Gasteiger partial charge in [-0.2, -0.15) is 0 Å². The van der Waals surface area contributed by atoms with Crippen LogP contribution < -0.4 is 0 Å². The topological polar surface area (TPSA) is 55.8 Å². The Morgan fingerprint density at radius 3 is 2.25 bits per heavy atom. The number of carboxylic acid groups (broad SMARTS) is 1. The van der Waals surface area contributed by atoms with Crippen LogP contribution in [0.5, 0.6) is 0 Å². The summed E-state index contributed by atoms with van der Waals surface area (Å²) in [6, 6.07) is 6.77. The molecule has 0 spiro atoms. The first-order valence-electron chi connectivity index (χ1n) is 6.13. The fourth-order valence-corrected chi connectivity index (χ4v) is 3.98. The van der Waals surface area contributed by atoms with Gasteiger partial charge in [0.25, 0.3) is 0 Å². The minimum Gasteiger partial charge on any atom is -0.478 e. The van der Waals surface area contributed by atoms with Gasteiger partial charge in [-0.15, -0.1) is 11.8 Å². The Labute approximate surface area is 129 Å². The number of carboxylic acids is 1. The highest BCUT2D eigenvalue weighted by atomic mass is 32.2. The van der Waals surface area contributed by atoms with Crippen LogP contribution in [0.3, 0.4) is 0 Å². The van der Waals surface area contributed by atoms with E-state index in [1.165, 1.54) is 11.8 Å². The zero-order valence-corrected chi connectivity index (χ0v) is 13.9. The maximum absolute atomic E-state index is 10.8. The Balaban J connectivity index is 2.52. The molecule has 4 nitrogen and oxygen atoms in total. The molecule has 0 heterocycles. The maximum atomic E-state index is 10.8. The van der Waals surface area contributed by atoms with Crippen LogP contribution in [0, 0.1) is 0 Å². The van der Waals surface area contributed by atoms with Crippen molar-refractivity contribution in [3.05, 3.63) is 35.4 Å². The fraction of sp³-hybridized carbons (Fsp3) is 0.385. The van der Waals surface area contributed by atoms with E-state index in [0.717, 1.165) is 5.56 Å². The molecule has 0 unspecified atom stereocenters. The minimum absolute atomic E-state index is 0.284. The number of carbonyl (C=O) groups is 1. The Bertz CT molecular complexity index is 444. The first kappa shape index (κ1) is 17.5. The van der Waals surface area contributed by atoms with Gasteiger partial charge in [0.2, 0.25) is 8.38 Å². The van der Waals surface area contributed by atoms with Crippen molar-refractivity contribution < 1.29 is 18.9 Å². The van der Waals surface area contributed by atoms with Crippen LogP contribution in [0.15, 0.2) is 24.3 Å². The van der Waals surface area contributed by atoms with Gasteiger partial charge in [-0.1, -0.05) is 24.4 Å². The Morgan fingerprint density at radius 1 is 1.25 bits per heavy atom. The molecule has 0 atom stereocenters. The summed E-state index contributed by atoms with van der Waals surface area (Å²) in [5, 5.41) is 8.83. The summed E-state index contributed by atoms with van der Waals surface area (Å²) in [4.78, 5) is 10.8. The van der Waals surface area contributed by atoms with E-state index >= 15 is 0 Å². The van der Waals surface area contributed by atoms with Crippen LogP contribution in [0.1, 0.15) is 29.8 Å². The first-order chi connectivity index (χ1) is 9.58. The molecule has 0 aromatic heterocycles. The molecule has 0 bridgehead atoms. The monoisotopic (exact) mass is 332 g/mol. The lowest BCUT2D eigenvalue weighted by Gasteiger charge is -2.15. The molecular formula is C13H17O4PS2. The summed E-state index contributed by atoms with van der Waals surface area (Å²) in [6.45, 7) is 4.96. The quantitative estimate of drug-likeness (QED) is 0.566. The Hall–Kier alpha value is -0.520. The number of thioether (sulfide) groups is 1. The van der Waals surface area contributed by atoms with Crippen molar-refractivity contribution in [1.82, 2.24) is 0 Å². The van der Waals surface area contributed by atoms with E-state index < -0.39 is 14.3 Å². The van der Waals surface area contributed by atoms with Gasteiger partial charge in [-0.25, -0.2) is 4.79 Å². The van der Waals surface area contributed by atoms with Crippen LogP contribution in [0.2, 0.25) is 0 Å². The lowest BCUT2D eigenvalue weighted by atomic mass is 10.1. The largest absolute Gasteiger partial charge is 0.478 e. The molecule has 1 aromatic carbocycles. The van der Waals surface area contributed by atoms with Gasteiger partial charge in [-0.3, -0.25) is 0 Å². The molecule has 1 N–H and O–H groups in total. The van der Waals surface area contributed by atoms with E-state index in [4.69, 9.17) is 26.4 Å². The Morgan fingerprint density at radius 2 is 1.80 bits per heavy atom. The summed E-state index contributed by atoms with van der Waals surface area (Å²) < 4.78 is 11.7. The van der Waals surface area contributed by atoms with Crippen molar-refractivity contribution >= 4 is 42.3 Å². The van der Waals surface area contributed by atoms with Gasteiger partial charge in [0.1, 0.15) is 3.94 Å². The number of hydrogen-bond donors (Lipinski definition) is 1. The average molecular weight is 332 g/mol. The fourth-order valence-electron chi connectivity index (χ4n) is 1.32. The van der Waals surface area contributed by atoms with Crippen LogP contribution in [0.4, 0.5) is 0 Å². The van der Waals surface area contributed by atoms with E-state index in [2.05, 4.69) is 0 Å². The summed E-state index contributed by atoms with van der Waals surface area (Å²) in [7, 11) is -1.13. The van der Waals surface area contributed by atoms with E-state index in [9.17, 15) is 4.79 Å². The maximum Gasteiger partial charge on any atom is 0.335 e. The zero-order valence-electron chi connectivity index (χ0n) is 11.4. The molecule has 0 aliphatic rings. The molecule has 0 radical (unpaired) electrons. The number of aromatic carboxylic acids is 1. The highest BCUT2D eigenvalue weighted by Crippen LogP contribution is 2.45. The van der Waals surface area contributed by atoms with Crippen LogP contribution >= 0.6 is 32.4 Å². The van der Waals surface area contributed by atoms with Gasteiger partial charge in [-0.05, 0) is 31.5 Å². The third-order valence-corrected chi connectivity index (χ3v) is 5.85. The van der Waals surface area contributed by atoms with Crippen LogP contribution in [-0.4, -0.2) is 28.2 Å². The predicted octanol–water partition coefficient (Wildman–Crippen LogP) is 4.29. The van der Waals surface area contributed by atoms with Gasteiger partial charge >= 0.3 is 5.97 Å². The third-order valence-electron chi connectivity index (χ3n) is 2.20. The van der Waals surface area contributed by atoms with E-state index in [1.807, 2.05) is 13.8 Å². The minimum atomic E-state index is -1.13. The highest BCUT2D eigenvalue weighted by Gasteiger charge is 2.16. The number of benzene rings is 1. The van der Waals surface area contributed by atoms with Crippen LogP contribution in [0.25, 0.3) is 0 Å². The standard InChI is InChI=1S/C13H17O4PS2/c1-3-16-18(17-4-2)13(19)20-9-10-5-7-11(8-6-10)12(14)15/h5-8H,3-4,9H2,1-2H3,(H,14,15). The molecule has 7 heteroatoms. The van der Waals surface area contributed by atoms with Crippen molar-refractivity contribution in [2.45, 2.75) is 19.6 Å². The predicted molar refractivity (Wildman–Crippen MR) is 87.5 cm³/mol. The summed E-state index contributed by atoms with van der Waals surface area (Å²) >= 11 is 6.82. The van der Waals surface area contributed by atoms with Crippen molar-refractivity contribution in [2.75, 3.05) is 13.2 Å². The summed E-state index contributed by atoms with van der Waals surface area (Å²) in [5.74, 6) is -0.242. The summed E-state index contributed by atoms with van der Waals surface area (Å²) in [5.41, 5.74) is 1.30. The normalized spacial score (nSPS) is 10.8. The van der Waals surface area contributed by atoms with Crippen LogP contribution in [-0.2, 0) is 14.8 Å². The number of thiocarbonyl (C=S) groups is 1. The molecule has 1 aromatic rings. The van der Waals surface area contributed by atoms with E-state index in [1.54, 1.807) is 24.3 Å². The molecule has 0 saturated carbocycles. The second-order valence-corrected chi connectivity index (χ2v) is 7.38. The van der Waals surface area contributed by atoms with Crippen molar-refractivity contribution in [1.29, 1.82) is 0 Å². The van der Waals surface area contributed by atoms with E-state index in [-0.39, 0.29) is 5.56 Å². The zero-order chi connectivity index (χ0) is 15.0. The Kier molecular flexibility index (Phi) is 8.26. The molecule has 1 rings (SSSR count). The first-order valence-corrected chi connectivity index (χ1v) is 8.70. The number of rotatable bonds is 8. The van der Waals surface area contributed by atoms with Gasteiger partial charge in [0.05, 0.1) is 18.8 Å². The second kappa shape index (κ2) is 9.42. The molecule has 0 aliphatic heterocycles. The number of hydrogen-bond acceptors (Lipinski definition) is 5.